The highest BCUT2D eigenvalue weighted by molar-refractivity contribution is 5.97. The highest BCUT2D eigenvalue weighted by Gasteiger charge is 2.25. The fourth-order valence-corrected chi connectivity index (χ4v) is 2.20. The second kappa shape index (κ2) is 6.01. The SMILES string of the molecule is Cc1ccccc1-n1ncc(C(=O)N(C)C(C)C(=O)O)c1C. The molecule has 1 aromatic carbocycles. The van der Waals surface area contributed by atoms with E-state index in [1.54, 1.807) is 11.6 Å². The Balaban J connectivity index is 2.38. The number of carbonyl (C=O) groups is 2. The van der Waals surface area contributed by atoms with Gasteiger partial charge in [-0.3, -0.25) is 4.79 Å². The third-order valence-electron chi connectivity index (χ3n) is 3.84. The Morgan fingerprint density at radius 1 is 1.27 bits per heavy atom. The number of amides is 1. The molecule has 0 fully saturated rings. The van der Waals surface area contributed by atoms with Crippen molar-refractivity contribution in [2.24, 2.45) is 0 Å². The Kier molecular flexibility index (Phi) is 4.30. The van der Waals surface area contributed by atoms with Gasteiger partial charge in [-0.05, 0) is 32.4 Å². The van der Waals surface area contributed by atoms with E-state index < -0.39 is 12.0 Å². The van der Waals surface area contributed by atoms with Crippen LogP contribution in [0.15, 0.2) is 30.5 Å². The lowest BCUT2D eigenvalue weighted by atomic mass is 10.1. The van der Waals surface area contributed by atoms with Crippen molar-refractivity contribution in [3.63, 3.8) is 0 Å². The van der Waals surface area contributed by atoms with E-state index in [-0.39, 0.29) is 5.91 Å². The van der Waals surface area contributed by atoms with Gasteiger partial charge in [-0.2, -0.15) is 5.10 Å². The Hall–Kier alpha value is -2.63. The number of para-hydroxylation sites is 1. The number of carboxylic acid groups (broad SMARTS) is 1. The monoisotopic (exact) mass is 301 g/mol. The number of aromatic nitrogens is 2. The van der Waals surface area contributed by atoms with Crippen LogP contribution in [0.5, 0.6) is 0 Å². The molecular formula is C16H19N3O3. The van der Waals surface area contributed by atoms with Crippen molar-refractivity contribution in [2.45, 2.75) is 26.8 Å². The lowest BCUT2D eigenvalue weighted by Gasteiger charge is -2.21. The summed E-state index contributed by atoms with van der Waals surface area (Å²) in [5.41, 5.74) is 3.02. The summed E-state index contributed by atoms with van der Waals surface area (Å²) in [6.07, 6.45) is 1.48. The first-order chi connectivity index (χ1) is 10.3. The number of carbonyl (C=O) groups excluding carboxylic acids is 1. The van der Waals surface area contributed by atoms with Gasteiger partial charge in [-0.1, -0.05) is 18.2 Å². The molecule has 1 heterocycles. The second-order valence-electron chi connectivity index (χ2n) is 5.27. The predicted octanol–water partition coefficient (Wildman–Crippen LogP) is 2.03. The quantitative estimate of drug-likeness (QED) is 0.937. The van der Waals surface area contributed by atoms with E-state index in [4.69, 9.17) is 5.11 Å². The summed E-state index contributed by atoms with van der Waals surface area (Å²) in [6.45, 7) is 5.24. The Morgan fingerprint density at radius 3 is 2.50 bits per heavy atom. The molecule has 0 aliphatic heterocycles. The van der Waals surface area contributed by atoms with Crippen molar-refractivity contribution >= 4 is 11.9 Å². The summed E-state index contributed by atoms with van der Waals surface area (Å²) in [4.78, 5) is 24.7. The first-order valence-electron chi connectivity index (χ1n) is 6.95. The van der Waals surface area contributed by atoms with Crippen LogP contribution in [0.3, 0.4) is 0 Å². The molecule has 0 aliphatic rings. The second-order valence-corrected chi connectivity index (χ2v) is 5.27. The number of carboxylic acids is 1. The van der Waals surface area contributed by atoms with E-state index in [9.17, 15) is 9.59 Å². The summed E-state index contributed by atoms with van der Waals surface area (Å²) in [5, 5.41) is 13.3. The van der Waals surface area contributed by atoms with Crippen LogP contribution in [0.25, 0.3) is 5.69 Å². The van der Waals surface area contributed by atoms with Crippen molar-refractivity contribution in [1.29, 1.82) is 0 Å². The average molecular weight is 301 g/mol. The van der Waals surface area contributed by atoms with Gasteiger partial charge < -0.3 is 10.0 Å². The molecule has 1 N–H and O–H groups in total. The zero-order valence-corrected chi connectivity index (χ0v) is 13.1. The van der Waals surface area contributed by atoms with Gasteiger partial charge in [0, 0.05) is 7.05 Å². The number of aryl methyl sites for hydroxylation is 1. The maximum Gasteiger partial charge on any atom is 0.326 e. The molecule has 2 aromatic rings. The normalized spacial score (nSPS) is 12.0. The van der Waals surface area contributed by atoms with E-state index in [0.717, 1.165) is 11.3 Å². The molecule has 0 bridgehead atoms. The standard InChI is InChI=1S/C16H19N3O3/c1-10-7-5-6-8-14(10)19-11(2)13(9-17-19)15(20)18(4)12(3)16(21)22/h5-9,12H,1-4H3,(H,21,22). The first kappa shape index (κ1) is 15.8. The van der Waals surface area contributed by atoms with Gasteiger partial charge in [0.1, 0.15) is 6.04 Å². The lowest BCUT2D eigenvalue weighted by molar-refractivity contribution is -0.141. The number of rotatable bonds is 4. The maximum absolute atomic E-state index is 12.5. The minimum Gasteiger partial charge on any atom is -0.480 e. The number of hydrogen-bond donors (Lipinski definition) is 1. The first-order valence-corrected chi connectivity index (χ1v) is 6.95. The molecule has 6 nitrogen and oxygen atoms in total. The summed E-state index contributed by atoms with van der Waals surface area (Å²) >= 11 is 0. The molecule has 2 rings (SSSR count). The van der Waals surface area contributed by atoms with E-state index >= 15 is 0 Å². The molecule has 22 heavy (non-hydrogen) atoms. The smallest absolute Gasteiger partial charge is 0.326 e. The summed E-state index contributed by atoms with van der Waals surface area (Å²) in [5.74, 6) is -1.40. The molecule has 116 valence electrons. The lowest BCUT2D eigenvalue weighted by Crippen LogP contribution is -2.40. The number of benzene rings is 1. The molecule has 0 radical (unpaired) electrons. The molecular weight excluding hydrogens is 282 g/mol. The van der Waals surface area contributed by atoms with Crippen LogP contribution in [-0.2, 0) is 4.79 Å². The Bertz CT molecular complexity index is 721. The molecule has 1 unspecified atom stereocenters. The van der Waals surface area contributed by atoms with Crippen molar-refractivity contribution in [3.05, 3.63) is 47.3 Å². The third kappa shape index (κ3) is 2.72. The van der Waals surface area contributed by atoms with Crippen LogP contribution >= 0.6 is 0 Å². The number of aliphatic carboxylic acids is 1. The molecule has 0 aliphatic carbocycles. The zero-order chi connectivity index (χ0) is 16.4. The average Bonchev–Trinajstić information content (AvgIpc) is 2.87. The van der Waals surface area contributed by atoms with Gasteiger partial charge >= 0.3 is 5.97 Å². The molecule has 0 spiro atoms. The van der Waals surface area contributed by atoms with Gasteiger partial charge in [-0.25, -0.2) is 9.48 Å². The molecule has 0 saturated carbocycles. The summed E-state index contributed by atoms with van der Waals surface area (Å²) in [7, 11) is 1.48. The van der Waals surface area contributed by atoms with E-state index in [1.165, 1.54) is 25.1 Å². The van der Waals surface area contributed by atoms with Crippen LogP contribution in [0.1, 0.15) is 28.5 Å². The minimum absolute atomic E-state index is 0.354. The fourth-order valence-electron chi connectivity index (χ4n) is 2.20. The highest BCUT2D eigenvalue weighted by Crippen LogP contribution is 2.19. The molecule has 0 saturated heterocycles. The van der Waals surface area contributed by atoms with E-state index in [0.29, 0.717) is 11.3 Å². The van der Waals surface area contributed by atoms with Crippen LogP contribution < -0.4 is 0 Å². The largest absolute Gasteiger partial charge is 0.480 e. The Labute approximate surface area is 129 Å². The minimum atomic E-state index is -1.04. The highest BCUT2D eigenvalue weighted by atomic mass is 16.4. The van der Waals surface area contributed by atoms with Gasteiger partial charge in [0.2, 0.25) is 0 Å². The van der Waals surface area contributed by atoms with Crippen molar-refractivity contribution in [3.8, 4) is 5.69 Å². The van der Waals surface area contributed by atoms with Gasteiger partial charge in [0.25, 0.3) is 5.91 Å². The van der Waals surface area contributed by atoms with Crippen LogP contribution in [0.2, 0.25) is 0 Å². The van der Waals surface area contributed by atoms with Crippen molar-refractivity contribution in [1.82, 2.24) is 14.7 Å². The number of hydrogen-bond acceptors (Lipinski definition) is 3. The topological polar surface area (TPSA) is 75.4 Å². The van der Waals surface area contributed by atoms with Gasteiger partial charge in [-0.15, -0.1) is 0 Å². The van der Waals surface area contributed by atoms with E-state index in [2.05, 4.69) is 5.10 Å². The summed E-state index contributed by atoms with van der Waals surface area (Å²) in [6, 6.07) is 6.84. The molecule has 1 atom stereocenters. The van der Waals surface area contributed by atoms with Crippen LogP contribution in [0.4, 0.5) is 0 Å². The predicted molar refractivity (Wildman–Crippen MR) is 82.2 cm³/mol. The maximum atomic E-state index is 12.5. The fraction of sp³-hybridized carbons (Fsp3) is 0.312. The van der Waals surface area contributed by atoms with Crippen LogP contribution in [-0.4, -0.2) is 44.8 Å². The zero-order valence-electron chi connectivity index (χ0n) is 13.1. The molecule has 6 heteroatoms. The van der Waals surface area contributed by atoms with Gasteiger partial charge in [0.15, 0.2) is 0 Å². The van der Waals surface area contributed by atoms with Crippen LogP contribution in [0, 0.1) is 13.8 Å². The third-order valence-corrected chi connectivity index (χ3v) is 3.84. The van der Waals surface area contributed by atoms with Crippen molar-refractivity contribution < 1.29 is 14.7 Å². The molecule has 1 aromatic heterocycles. The van der Waals surface area contributed by atoms with Gasteiger partial charge in [0.05, 0.1) is 23.1 Å². The van der Waals surface area contributed by atoms with E-state index in [1.807, 2.05) is 31.2 Å². The summed E-state index contributed by atoms with van der Waals surface area (Å²) < 4.78 is 1.70. The van der Waals surface area contributed by atoms with Crippen molar-refractivity contribution in [2.75, 3.05) is 7.05 Å². The Morgan fingerprint density at radius 2 is 1.91 bits per heavy atom. The number of nitrogens with zero attached hydrogens (tertiary/aromatic N) is 3. The molecule has 1 amide bonds. The number of likely N-dealkylation sites (N-methyl/N-ethyl adjacent to an activating group) is 1.